The minimum Gasteiger partial charge on any atom is -0.491 e. The van der Waals surface area contributed by atoms with Crippen LogP contribution >= 0.6 is 0 Å². The van der Waals surface area contributed by atoms with E-state index in [2.05, 4.69) is 5.32 Å². The Labute approximate surface area is 108 Å². The number of hydrogen-bond donors (Lipinski definition) is 2. The molecule has 0 aliphatic rings. The summed E-state index contributed by atoms with van der Waals surface area (Å²) in [5.41, 5.74) is -0.238. The first kappa shape index (κ1) is 14.9. The summed E-state index contributed by atoms with van der Waals surface area (Å²) in [5, 5.41) is 12.3. The molecule has 1 aromatic rings. The van der Waals surface area contributed by atoms with E-state index >= 15 is 0 Å². The molecule has 0 amide bonds. The lowest BCUT2D eigenvalue weighted by molar-refractivity contribution is 0.168. The minimum atomic E-state index is -0.326. The van der Waals surface area contributed by atoms with Crippen LogP contribution in [0.4, 0.5) is 4.39 Å². The highest BCUT2D eigenvalue weighted by Crippen LogP contribution is 2.17. The molecule has 3 nitrogen and oxygen atoms in total. The Morgan fingerprint density at radius 3 is 2.67 bits per heavy atom. The van der Waals surface area contributed by atoms with Crippen LogP contribution < -0.4 is 10.1 Å². The third kappa shape index (κ3) is 4.63. The molecule has 0 spiro atoms. The molecule has 0 bridgehead atoms. The summed E-state index contributed by atoms with van der Waals surface area (Å²) in [7, 11) is 1.84. The number of halogens is 1. The first-order valence-electron chi connectivity index (χ1n) is 6.28. The van der Waals surface area contributed by atoms with Crippen LogP contribution in [0.3, 0.4) is 0 Å². The molecule has 0 heterocycles. The number of aliphatic hydroxyl groups is 1. The van der Waals surface area contributed by atoms with E-state index in [1.165, 1.54) is 6.07 Å². The van der Waals surface area contributed by atoms with Crippen molar-refractivity contribution in [3.8, 4) is 5.75 Å². The fourth-order valence-corrected chi connectivity index (χ4v) is 1.64. The van der Waals surface area contributed by atoms with Crippen LogP contribution in [0.1, 0.15) is 26.2 Å². The number of benzene rings is 1. The molecule has 4 heteroatoms. The maximum absolute atomic E-state index is 13.2. The van der Waals surface area contributed by atoms with Crippen molar-refractivity contribution in [1.82, 2.24) is 5.32 Å². The molecule has 1 atom stereocenters. The van der Waals surface area contributed by atoms with E-state index in [1.54, 1.807) is 18.2 Å². The predicted octanol–water partition coefficient (Wildman–Crippen LogP) is 2.35. The third-order valence-electron chi connectivity index (χ3n) is 3.17. The minimum absolute atomic E-state index is 0.109. The molecule has 1 aromatic carbocycles. The summed E-state index contributed by atoms with van der Waals surface area (Å²) in [4.78, 5) is 0. The maximum atomic E-state index is 13.2. The highest BCUT2D eigenvalue weighted by Gasteiger charge is 2.19. The normalized spacial score (nSPS) is 14.2. The van der Waals surface area contributed by atoms with E-state index in [0.717, 1.165) is 19.3 Å². The lowest BCUT2D eigenvalue weighted by Crippen LogP contribution is -2.43. The number of nitrogens with one attached hydrogen (secondary N) is 1. The van der Waals surface area contributed by atoms with Gasteiger partial charge in [-0.15, -0.1) is 0 Å². The summed E-state index contributed by atoms with van der Waals surface area (Å²) < 4.78 is 18.6. The first-order valence-corrected chi connectivity index (χ1v) is 6.28. The second kappa shape index (κ2) is 7.34. The van der Waals surface area contributed by atoms with Crippen LogP contribution in [0.2, 0.25) is 0 Å². The largest absolute Gasteiger partial charge is 0.491 e. The van der Waals surface area contributed by atoms with Crippen molar-refractivity contribution in [2.75, 3.05) is 20.3 Å². The van der Waals surface area contributed by atoms with E-state index < -0.39 is 0 Å². The molecule has 1 unspecified atom stereocenters. The lowest BCUT2D eigenvalue weighted by atomic mass is 9.96. The summed E-state index contributed by atoms with van der Waals surface area (Å²) in [6.07, 6.45) is 2.62. The Morgan fingerprint density at radius 2 is 2.06 bits per heavy atom. The molecular weight excluding hydrogens is 233 g/mol. The van der Waals surface area contributed by atoms with Gasteiger partial charge in [-0.25, -0.2) is 4.39 Å². The Morgan fingerprint density at radius 1 is 1.33 bits per heavy atom. The summed E-state index contributed by atoms with van der Waals surface area (Å²) in [6, 6.07) is 6.41. The van der Waals surface area contributed by atoms with Gasteiger partial charge >= 0.3 is 0 Å². The predicted molar refractivity (Wildman–Crippen MR) is 70.3 cm³/mol. The van der Waals surface area contributed by atoms with Gasteiger partial charge < -0.3 is 15.2 Å². The zero-order chi connectivity index (χ0) is 13.4. The van der Waals surface area contributed by atoms with E-state index in [1.807, 2.05) is 14.0 Å². The highest BCUT2D eigenvalue weighted by atomic mass is 19.1. The molecular formula is C14H22FNO2. The van der Waals surface area contributed by atoms with E-state index in [0.29, 0.717) is 12.4 Å². The molecule has 0 saturated carbocycles. The van der Waals surface area contributed by atoms with Gasteiger partial charge in [-0.05, 0) is 45.4 Å². The summed E-state index contributed by atoms with van der Waals surface area (Å²) in [5.74, 6) is -0.0241. The Balaban J connectivity index is 2.22. The molecule has 0 fully saturated rings. The van der Waals surface area contributed by atoms with Gasteiger partial charge in [-0.1, -0.05) is 12.1 Å². The van der Waals surface area contributed by atoms with Crippen molar-refractivity contribution in [3.63, 3.8) is 0 Å². The Kier molecular flexibility index (Phi) is 6.09. The number of hydrogen-bond acceptors (Lipinski definition) is 3. The van der Waals surface area contributed by atoms with Crippen molar-refractivity contribution < 1.29 is 14.2 Å². The van der Waals surface area contributed by atoms with Gasteiger partial charge in [0.1, 0.15) is 0 Å². The Bertz CT molecular complexity index is 353. The van der Waals surface area contributed by atoms with Gasteiger partial charge in [0.15, 0.2) is 11.6 Å². The number of para-hydroxylation sites is 1. The topological polar surface area (TPSA) is 41.5 Å². The van der Waals surface area contributed by atoms with Crippen LogP contribution in [0, 0.1) is 5.82 Å². The highest BCUT2D eigenvalue weighted by molar-refractivity contribution is 5.23. The van der Waals surface area contributed by atoms with Crippen molar-refractivity contribution in [2.45, 2.75) is 31.7 Å². The van der Waals surface area contributed by atoms with E-state index in [4.69, 9.17) is 4.74 Å². The zero-order valence-electron chi connectivity index (χ0n) is 11.1. The fourth-order valence-electron chi connectivity index (χ4n) is 1.64. The fraction of sp³-hybridized carbons (Fsp3) is 0.571. The smallest absolute Gasteiger partial charge is 0.165 e. The van der Waals surface area contributed by atoms with Crippen molar-refractivity contribution in [1.29, 1.82) is 0 Å². The molecule has 1 rings (SSSR count). The summed E-state index contributed by atoms with van der Waals surface area (Å²) >= 11 is 0. The Hall–Kier alpha value is -1.13. The van der Waals surface area contributed by atoms with Crippen molar-refractivity contribution >= 4 is 0 Å². The van der Waals surface area contributed by atoms with Crippen LogP contribution in [-0.2, 0) is 0 Å². The number of ether oxygens (including phenoxy) is 1. The van der Waals surface area contributed by atoms with Gasteiger partial charge in [0.05, 0.1) is 13.2 Å². The molecule has 0 aliphatic carbocycles. The maximum Gasteiger partial charge on any atom is 0.165 e. The van der Waals surface area contributed by atoms with E-state index in [-0.39, 0.29) is 18.0 Å². The second-order valence-corrected chi connectivity index (χ2v) is 4.70. The molecule has 0 aliphatic heterocycles. The number of unbranched alkanes of at least 4 members (excludes halogenated alkanes) is 1. The molecule has 0 radical (unpaired) electrons. The average Bonchev–Trinajstić information content (AvgIpc) is 2.40. The number of aliphatic hydroxyl groups excluding tert-OH is 1. The first-order chi connectivity index (χ1) is 8.61. The molecule has 0 aromatic heterocycles. The van der Waals surface area contributed by atoms with Crippen LogP contribution in [0.25, 0.3) is 0 Å². The van der Waals surface area contributed by atoms with Gasteiger partial charge in [-0.2, -0.15) is 0 Å². The second-order valence-electron chi connectivity index (χ2n) is 4.70. The van der Waals surface area contributed by atoms with Crippen molar-refractivity contribution in [3.05, 3.63) is 30.1 Å². The quantitative estimate of drug-likeness (QED) is 0.701. The number of rotatable bonds is 8. The molecule has 0 saturated heterocycles. The van der Waals surface area contributed by atoms with Gasteiger partial charge in [0.2, 0.25) is 0 Å². The van der Waals surface area contributed by atoms with Crippen LogP contribution in [0.15, 0.2) is 24.3 Å². The van der Waals surface area contributed by atoms with E-state index in [9.17, 15) is 9.50 Å². The van der Waals surface area contributed by atoms with Gasteiger partial charge in [-0.3, -0.25) is 0 Å². The number of likely N-dealkylation sites (N-methyl/N-ethyl adjacent to an activating group) is 1. The molecule has 102 valence electrons. The van der Waals surface area contributed by atoms with Crippen LogP contribution in [-0.4, -0.2) is 30.9 Å². The van der Waals surface area contributed by atoms with Crippen molar-refractivity contribution in [2.24, 2.45) is 0 Å². The van der Waals surface area contributed by atoms with Crippen LogP contribution in [0.5, 0.6) is 5.75 Å². The summed E-state index contributed by atoms with van der Waals surface area (Å²) in [6.45, 7) is 2.58. The third-order valence-corrected chi connectivity index (χ3v) is 3.17. The van der Waals surface area contributed by atoms with Gasteiger partial charge in [0, 0.05) is 5.54 Å². The standard InChI is InChI=1S/C14H22FNO2/c1-14(11-17,16-2)9-5-6-10-18-13-8-4-3-7-12(13)15/h3-4,7-8,16-17H,5-6,9-11H2,1-2H3. The molecule has 18 heavy (non-hydrogen) atoms. The SMILES string of the molecule is CNC(C)(CO)CCCCOc1ccccc1F. The van der Waals surface area contributed by atoms with Gasteiger partial charge in [0.25, 0.3) is 0 Å². The monoisotopic (exact) mass is 255 g/mol. The lowest BCUT2D eigenvalue weighted by Gasteiger charge is -2.26. The molecule has 2 N–H and O–H groups in total. The average molecular weight is 255 g/mol. The zero-order valence-corrected chi connectivity index (χ0v) is 11.1.